The predicted octanol–water partition coefficient (Wildman–Crippen LogP) is 3.69. The number of aliphatic imine (C=N–C) groups is 1. The zero-order valence-electron chi connectivity index (χ0n) is 15.2. The normalized spacial score (nSPS) is 16.4. The smallest absolute Gasteiger partial charge is 0.193 e. The van der Waals surface area contributed by atoms with Crippen LogP contribution in [0, 0.1) is 0 Å². The number of nitrogens with two attached hydrogens (primary N) is 1. The van der Waals surface area contributed by atoms with Crippen LogP contribution in [-0.2, 0) is 32.2 Å². The van der Waals surface area contributed by atoms with Crippen LogP contribution in [0.5, 0.6) is 0 Å². The number of aryl methyl sites for hydroxylation is 3. The minimum absolute atomic E-state index is 0. The van der Waals surface area contributed by atoms with E-state index in [4.69, 9.17) is 10.7 Å². The van der Waals surface area contributed by atoms with E-state index in [0.29, 0.717) is 12.5 Å². The molecule has 6 heteroatoms. The van der Waals surface area contributed by atoms with Crippen molar-refractivity contribution in [3.63, 3.8) is 0 Å². The fraction of sp³-hybridized carbons (Fsp3) is 0.500. The van der Waals surface area contributed by atoms with E-state index < -0.39 is 0 Å². The fourth-order valence-corrected chi connectivity index (χ4v) is 3.96. The molecule has 2 aliphatic rings. The molecule has 0 atom stereocenters. The summed E-state index contributed by atoms with van der Waals surface area (Å²) in [5, 5.41) is 3.31. The van der Waals surface area contributed by atoms with Crippen LogP contribution in [-0.4, -0.2) is 22.1 Å². The number of nitrogens with zero attached hydrogens (tertiary/aromatic N) is 3. The van der Waals surface area contributed by atoms with E-state index in [1.807, 2.05) is 0 Å². The highest BCUT2D eigenvalue weighted by Gasteiger charge is 2.14. The van der Waals surface area contributed by atoms with Crippen molar-refractivity contribution in [1.29, 1.82) is 0 Å². The Labute approximate surface area is 172 Å². The van der Waals surface area contributed by atoms with E-state index >= 15 is 0 Å². The topological polar surface area (TPSA) is 68.2 Å². The minimum Gasteiger partial charge on any atom is -0.370 e. The van der Waals surface area contributed by atoms with Gasteiger partial charge in [-0.25, -0.2) is 4.98 Å². The molecule has 26 heavy (non-hydrogen) atoms. The van der Waals surface area contributed by atoms with Crippen molar-refractivity contribution >= 4 is 35.6 Å². The monoisotopic (exact) mass is 465 g/mol. The van der Waals surface area contributed by atoms with Crippen molar-refractivity contribution in [3.05, 3.63) is 47.0 Å². The summed E-state index contributed by atoms with van der Waals surface area (Å²) in [7, 11) is 0. The molecule has 4 rings (SSSR count). The number of benzene rings is 1. The predicted molar refractivity (Wildman–Crippen MR) is 117 cm³/mol. The molecule has 0 bridgehead atoms. The summed E-state index contributed by atoms with van der Waals surface area (Å²) in [5.74, 6) is 1.73. The molecule has 0 fully saturated rings. The van der Waals surface area contributed by atoms with E-state index in [9.17, 15) is 0 Å². The first-order valence-electron chi connectivity index (χ1n) is 9.52. The van der Waals surface area contributed by atoms with Gasteiger partial charge < -0.3 is 15.6 Å². The van der Waals surface area contributed by atoms with Gasteiger partial charge in [-0.15, -0.1) is 24.0 Å². The Morgan fingerprint density at radius 2 is 2.00 bits per heavy atom. The Balaban J connectivity index is 0.00000196. The molecular weight excluding hydrogens is 437 g/mol. The summed E-state index contributed by atoms with van der Waals surface area (Å²) >= 11 is 0. The molecule has 140 valence electrons. The van der Waals surface area contributed by atoms with Gasteiger partial charge in [0.05, 0.1) is 5.69 Å². The van der Waals surface area contributed by atoms with E-state index in [0.717, 1.165) is 37.2 Å². The highest BCUT2D eigenvalue weighted by molar-refractivity contribution is 14.0. The number of nitrogens with one attached hydrogen (secondary N) is 1. The molecule has 0 saturated carbocycles. The lowest BCUT2D eigenvalue weighted by Gasteiger charge is -2.19. The molecule has 0 unspecified atom stereocenters. The maximum absolute atomic E-state index is 6.11. The molecule has 1 aliphatic carbocycles. The van der Waals surface area contributed by atoms with Crippen molar-refractivity contribution in [2.45, 2.75) is 57.9 Å². The average Bonchev–Trinajstić information content (AvgIpc) is 3.05. The van der Waals surface area contributed by atoms with Gasteiger partial charge in [0.25, 0.3) is 0 Å². The van der Waals surface area contributed by atoms with Gasteiger partial charge in [-0.05, 0) is 55.7 Å². The van der Waals surface area contributed by atoms with Gasteiger partial charge in [0.1, 0.15) is 5.82 Å². The second-order valence-electron chi connectivity index (χ2n) is 7.09. The van der Waals surface area contributed by atoms with E-state index in [-0.39, 0.29) is 24.0 Å². The largest absolute Gasteiger partial charge is 0.370 e. The summed E-state index contributed by atoms with van der Waals surface area (Å²) in [6, 6.07) is 6.44. The molecule has 5 nitrogen and oxygen atoms in total. The number of aromatic nitrogens is 2. The van der Waals surface area contributed by atoms with Gasteiger partial charge in [0.15, 0.2) is 5.96 Å². The number of halogens is 1. The third-order valence-electron chi connectivity index (χ3n) is 5.27. The van der Waals surface area contributed by atoms with Gasteiger partial charge >= 0.3 is 0 Å². The number of hydrogen-bond donors (Lipinski definition) is 2. The summed E-state index contributed by atoms with van der Waals surface area (Å²) in [5.41, 5.74) is 11.2. The summed E-state index contributed by atoms with van der Waals surface area (Å²) < 4.78 is 2.29. The lowest BCUT2D eigenvalue weighted by atomic mass is 9.90. The van der Waals surface area contributed by atoms with Crippen molar-refractivity contribution in [3.8, 4) is 0 Å². The third kappa shape index (κ3) is 4.39. The molecule has 0 amide bonds. The fourth-order valence-electron chi connectivity index (χ4n) is 3.96. The van der Waals surface area contributed by atoms with Crippen molar-refractivity contribution < 1.29 is 0 Å². The van der Waals surface area contributed by atoms with Crippen LogP contribution in [0.2, 0.25) is 0 Å². The van der Waals surface area contributed by atoms with Gasteiger partial charge in [-0.1, -0.05) is 12.1 Å². The summed E-state index contributed by atoms with van der Waals surface area (Å²) in [6.07, 6.45) is 11.5. The zero-order valence-corrected chi connectivity index (χ0v) is 17.5. The van der Waals surface area contributed by atoms with Crippen molar-refractivity contribution in [2.24, 2.45) is 10.7 Å². The Morgan fingerprint density at radius 1 is 1.15 bits per heavy atom. The average molecular weight is 465 g/mol. The molecule has 0 saturated heterocycles. The van der Waals surface area contributed by atoms with Gasteiger partial charge in [0, 0.05) is 37.8 Å². The van der Waals surface area contributed by atoms with Crippen LogP contribution in [0.4, 0.5) is 5.69 Å². The zero-order chi connectivity index (χ0) is 17.1. The number of hydrogen-bond acceptors (Lipinski definition) is 2. The minimum atomic E-state index is 0. The number of rotatable bonds is 4. The lowest BCUT2D eigenvalue weighted by Crippen LogP contribution is -2.24. The van der Waals surface area contributed by atoms with E-state index in [1.54, 1.807) is 0 Å². The van der Waals surface area contributed by atoms with E-state index in [1.165, 1.54) is 49.1 Å². The number of imidazole rings is 1. The molecule has 1 aromatic heterocycles. The van der Waals surface area contributed by atoms with Crippen LogP contribution in [0.25, 0.3) is 0 Å². The standard InChI is InChI=1S/C20H27N5.HI/c21-20(24-18-9-5-7-15-6-1-2-8-17(15)18)22-12-11-16-14-25-13-4-3-10-19(25)23-16;/h5,7,9,14H,1-4,6,8,10-13H2,(H3,21,22,24);1H. The number of anilines is 1. The van der Waals surface area contributed by atoms with E-state index in [2.05, 4.69) is 39.3 Å². The SMILES string of the molecule is I.NC(=NCCc1cn2c(n1)CCCC2)Nc1cccc2c1CCCC2. The second kappa shape index (κ2) is 8.88. The first-order chi connectivity index (χ1) is 12.3. The number of guanidine groups is 1. The Morgan fingerprint density at radius 3 is 2.88 bits per heavy atom. The highest BCUT2D eigenvalue weighted by Crippen LogP contribution is 2.27. The quantitative estimate of drug-likeness (QED) is 0.411. The van der Waals surface area contributed by atoms with Crippen molar-refractivity contribution in [2.75, 3.05) is 11.9 Å². The second-order valence-corrected chi connectivity index (χ2v) is 7.09. The maximum Gasteiger partial charge on any atom is 0.193 e. The molecule has 2 aromatic rings. The first-order valence-corrected chi connectivity index (χ1v) is 9.52. The Bertz CT molecular complexity index is 757. The molecule has 3 N–H and O–H groups in total. The highest BCUT2D eigenvalue weighted by atomic mass is 127. The van der Waals surface area contributed by atoms with Crippen molar-refractivity contribution in [1.82, 2.24) is 9.55 Å². The molecule has 1 aliphatic heterocycles. The Hall–Kier alpha value is -1.57. The van der Waals surface area contributed by atoms with Crippen LogP contribution < -0.4 is 11.1 Å². The summed E-state index contributed by atoms with van der Waals surface area (Å²) in [6.45, 7) is 1.78. The van der Waals surface area contributed by atoms with Crippen LogP contribution in [0.3, 0.4) is 0 Å². The third-order valence-corrected chi connectivity index (χ3v) is 5.27. The number of fused-ring (bicyclic) bond motifs is 2. The Kier molecular flexibility index (Phi) is 6.56. The van der Waals surface area contributed by atoms with Gasteiger partial charge in [0.2, 0.25) is 0 Å². The lowest BCUT2D eigenvalue weighted by molar-refractivity contribution is 0.522. The van der Waals surface area contributed by atoms with Crippen LogP contribution >= 0.6 is 24.0 Å². The molecule has 1 aromatic carbocycles. The molecule has 0 spiro atoms. The van der Waals surface area contributed by atoms with Gasteiger partial charge in [-0.3, -0.25) is 4.99 Å². The van der Waals surface area contributed by atoms with Crippen LogP contribution in [0.1, 0.15) is 48.3 Å². The first kappa shape index (κ1) is 19.2. The summed E-state index contributed by atoms with van der Waals surface area (Å²) in [4.78, 5) is 9.23. The molecular formula is C20H28IN5. The van der Waals surface area contributed by atoms with Gasteiger partial charge in [-0.2, -0.15) is 0 Å². The van der Waals surface area contributed by atoms with Crippen LogP contribution in [0.15, 0.2) is 29.4 Å². The maximum atomic E-state index is 6.11. The molecule has 2 heterocycles. The molecule has 0 radical (unpaired) electrons.